The summed E-state index contributed by atoms with van der Waals surface area (Å²) in [5, 5.41) is 2.74. The van der Waals surface area contributed by atoms with Crippen molar-refractivity contribution in [1.82, 2.24) is 10.2 Å². The summed E-state index contributed by atoms with van der Waals surface area (Å²) in [7, 11) is 2.12. The number of carbonyl (C=O) groups excluding carboxylic acids is 2. The van der Waals surface area contributed by atoms with Crippen molar-refractivity contribution < 1.29 is 14.0 Å². The Kier molecular flexibility index (Phi) is 6.82. The minimum atomic E-state index is -0.455. The molecule has 0 saturated carbocycles. The van der Waals surface area contributed by atoms with Crippen molar-refractivity contribution in [2.45, 2.75) is 6.92 Å². The molecule has 0 atom stereocenters. The number of halogens is 1. The molecule has 7 heteroatoms. The van der Waals surface area contributed by atoms with Gasteiger partial charge in [-0.1, -0.05) is 6.07 Å². The lowest BCUT2D eigenvalue weighted by Crippen LogP contribution is -2.44. The van der Waals surface area contributed by atoms with Crippen molar-refractivity contribution in [1.29, 1.82) is 0 Å². The normalized spacial score (nSPS) is 14.5. The van der Waals surface area contributed by atoms with E-state index in [0.29, 0.717) is 6.54 Å². The third-order valence-electron chi connectivity index (χ3n) is 5.12. The van der Waals surface area contributed by atoms with Crippen LogP contribution in [0.1, 0.15) is 17.3 Å². The molecule has 29 heavy (non-hydrogen) atoms. The second-order valence-corrected chi connectivity index (χ2v) is 7.24. The summed E-state index contributed by atoms with van der Waals surface area (Å²) in [6.45, 7) is 6.15. The van der Waals surface area contributed by atoms with E-state index in [1.54, 1.807) is 11.0 Å². The number of amides is 2. The average molecular weight is 398 g/mol. The number of hydrogen-bond donors (Lipinski definition) is 1. The second-order valence-electron chi connectivity index (χ2n) is 7.24. The van der Waals surface area contributed by atoms with E-state index in [0.717, 1.165) is 37.6 Å². The van der Waals surface area contributed by atoms with Crippen LogP contribution in [0.15, 0.2) is 48.5 Å². The zero-order valence-electron chi connectivity index (χ0n) is 16.9. The fraction of sp³-hybridized carbons (Fsp3) is 0.364. The van der Waals surface area contributed by atoms with Crippen LogP contribution in [-0.4, -0.2) is 63.0 Å². The monoisotopic (exact) mass is 398 g/mol. The molecule has 1 saturated heterocycles. The van der Waals surface area contributed by atoms with Gasteiger partial charge in [-0.3, -0.25) is 9.59 Å². The summed E-state index contributed by atoms with van der Waals surface area (Å²) in [6.07, 6.45) is 0. The van der Waals surface area contributed by atoms with E-state index in [9.17, 15) is 14.0 Å². The van der Waals surface area contributed by atoms with Gasteiger partial charge >= 0.3 is 0 Å². The van der Waals surface area contributed by atoms with Crippen LogP contribution < -0.4 is 15.1 Å². The maximum absolute atomic E-state index is 13.3. The number of benzene rings is 2. The lowest BCUT2D eigenvalue weighted by Gasteiger charge is -2.34. The Morgan fingerprint density at radius 1 is 1.07 bits per heavy atom. The largest absolute Gasteiger partial charge is 0.369 e. The highest BCUT2D eigenvalue weighted by Gasteiger charge is 2.16. The predicted octanol–water partition coefficient (Wildman–Crippen LogP) is 2.36. The quantitative estimate of drug-likeness (QED) is 0.812. The van der Waals surface area contributed by atoms with Crippen LogP contribution in [-0.2, 0) is 4.79 Å². The van der Waals surface area contributed by atoms with E-state index in [-0.39, 0.29) is 23.9 Å². The topological polar surface area (TPSA) is 55.9 Å². The van der Waals surface area contributed by atoms with E-state index in [1.807, 2.05) is 24.3 Å². The number of likely N-dealkylation sites (N-methyl/N-ethyl adjacent to an activating group) is 1. The SMILES string of the molecule is CC(=O)N(CCNC(=O)c1cccc(F)c1)c1ccc(N2CCN(C)CC2)cc1. The van der Waals surface area contributed by atoms with Gasteiger partial charge in [0.2, 0.25) is 5.91 Å². The molecule has 1 heterocycles. The Balaban J connectivity index is 1.58. The number of hydrogen-bond acceptors (Lipinski definition) is 4. The molecular weight excluding hydrogens is 371 g/mol. The number of piperazine rings is 1. The summed E-state index contributed by atoms with van der Waals surface area (Å²) in [6, 6.07) is 13.5. The molecule has 1 aliphatic heterocycles. The maximum atomic E-state index is 13.3. The number of rotatable bonds is 6. The molecule has 0 aromatic heterocycles. The molecule has 1 fully saturated rings. The molecular formula is C22H27FN4O2. The van der Waals surface area contributed by atoms with Crippen LogP contribution in [0.2, 0.25) is 0 Å². The summed E-state index contributed by atoms with van der Waals surface area (Å²) in [5.41, 5.74) is 2.19. The first-order chi connectivity index (χ1) is 13.9. The van der Waals surface area contributed by atoms with Gasteiger partial charge in [-0.25, -0.2) is 4.39 Å². The highest BCUT2D eigenvalue weighted by atomic mass is 19.1. The molecule has 2 amide bonds. The van der Waals surface area contributed by atoms with E-state index < -0.39 is 5.82 Å². The van der Waals surface area contributed by atoms with Crippen LogP contribution in [0.5, 0.6) is 0 Å². The molecule has 154 valence electrons. The summed E-state index contributed by atoms with van der Waals surface area (Å²) in [4.78, 5) is 30.5. The number of carbonyl (C=O) groups is 2. The van der Waals surface area contributed by atoms with Crippen molar-refractivity contribution in [3.63, 3.8) is 0 Å². The molecule has 1 aliphatic rings. The minimum absolute atomic E-state index is 0.0997. The lowest BCUT2D eigenvalue weighted by atomic mass is 10.2. The molecule has 0 unspecified atom stereocenters. The highest BCUT2D eigenvalue weighted by molar-refractivity contribution is 5.94. The first-order valence-corrected chi connectivity index (χ1v) is 9.79. The maximum Gasteiger partial charge on any atom is 0.251 e. The molecule has 6 nitrogen and oxygen atoms in total. The molecule has 0 radical (unpaired) electrons. The molecule has 0 bridgehead atoms. The smallest absolute Gasteiger partial charge is 0.251 e. The van der Waals surface area contributed by atoms with Gasteiger partial charge in [0.15, 0.2) is 0 Å². The molecule has 1 N–H and O–H groups in total. The Morgan fingerprint density at radius 3 is 2.38 bits per heavy atom. The summed E-state index contributed by atoms with van der Waals surface area (Å²) >= 11 is 0. The van der Waals surface area contributed by atoms with Crippen LogP contribution in [0.3, 0.4) is 0 Å². The highest BCUT2D eigenvalue weighted by Crippen LogP contribution is 2.22. The van der Waals surface area contributed by atoms with Crippen molar-refractivity contribution in [2.24, 2.45) is 0 Å². The van der Waals surface area contributed by atoms with Crippen molar-refractivity contribution in [3.05, 3.63) is 59.9 Å². The molecule has 0 aliphatic carbocycles. The Labute approximate surface area is 170 Å². The minimum Gasteiger partial charge on any atom is -0.369 e. The van der Waals surface area contributed by atoms with Crippen molar-refractivity contribution in [3.8, 4) is 0 Å². The van der Waals surface area contributed by atoms with Crippen molar-refractivity contribution in [2.75, 3.05) is 56.1 Å². The van der Waals surface area contributed by atoms with Crippen LogP contribution in [0.25, 0.3) is 0 Å². The van der Waals surface area contributed by atoms with Gasteiger partial charge in [0, 0.05) is 63.1 Å². The first kappa shape index (κ1) is 20.8. The summed E-state index contributed by atoms with van der Waals surface area (Å²) < 4.78 is 13.3. The average Bonchev–Trinajstić information content (AvgIpc) is 2.71. The molecule has 2 aromatic carbocycles. The Bertz CT molecular complexity index is 848. The van der Waals surface area contributed by atoms with E-state index in [4.69, 9.17) is 0 Å². The van der Waals surface area contributed by atoms with Crippen LogP contribution in [0, 0.1) is 5.82 Å². The fourth-order valence-electron chi connectivity index (χ4n) is 3.39. The van der Waals surface area contributed by atoms with E-state index >= 15 is 0 Å². The molecule has 0 spiro atoms. The summed E-state index contributed by atoms with van der Waals surface area (Å²) in [5.74, 6) is -0.917. The van der Waals surface area contributed by atoms with E-state index in [2.05, 4.69) is 22.2 Å². The number of anilines is 2. The molecule has 3 rings (SSSR count). The van der Waals surface area contributed by atoms with E-state index in [1.165, 1.54) is 25.1 Å². The Hall–Kier alpha value is -2.93. The predicted molar refractivity (Wildman–Crippen MR) is 113 cm³/mol. The number of nitrogens with one attached hydrogen (secondary N) is 1. The Morgan fingerprint density at radius 2 is 1.76 bits per heavy atom. The van der Waals surface area contributed by atoms with Gasteiger partial charge in [0.05, 0.1) is 0 Å². The zero-order valence-corrected chi connectivity index (χ0v) is 16.9. The van der Waals surface area contributed by atoms with Gasteiger partial charge in [-0.15, -0.1) is 0 Å². The lowest BCUT2D eigenvalue weighted by molar-refractivity contribution is -0.116. The van der Waals surface area contributed by atoms with Crippen molar-refractivity contribution >= 4 is 23.2 Å². The fourth-order valence-corrected chi connectivity index (χ4v) is 3.39. The van der Waals surface area contributed by atoms with Crippen LogP contribution >= 0.6 is 0 Å². The van der Waals surface area contributed by atoms with Gasteiger partial charge in [-0.05, 0) is 49.5 Å². The zero-order chi connectivity index (χ0) is 20.8. The first-order valence-electron chi connectivity index (χ1n) is 9.79. The second kappa shape index (κ2) is 9.52. The van der Waals surface area contributed by atoms with Gasteiger partial charge < -0.3 is 20.0 Å². The van der Waals surface area contributed by atoms with Gasteiger partial charge in [0.25, 0.3) is 5.91 Å². The molecule has 2 aromatic rings. The van der Waals surface area contributed by atoms with Gasteiger partial charge in [-0.2, -0.15) is 0 Å². The van der Waals surface area contributed by atoms with Crippen LogP contribution in [0.4, 0.5) is 15.8 Å². The standard InChI is InChI=1S/C22H27FN4O2/c1-17(28)27(11-10-24-22(29)18-4-3-5-19(23)16-18)21-8-6-20(7-9-21)26-14-12-25(2)13-15-26/h3-9,16H,10-15H2,1-2H3,(H,24,29). The third kappa shape index (κ3) is 5.54. The third-order valence-corrected chi connectivity index (χ3v) is 5.12. The van der Waals surface area contributed by atoms with Gasteiger partial charge in [0.1, 0.15) is 5.82 Å². The number of nitrogens with zero attached hydrogens (tertiary/aromatic N) is 3.